The number of rotatable bonds is 8. The Morgan fingerprint density at radius 1 is 1.31 bits per heavy atom. The van der Waals surface area contributed by atoms with Gasteiger partial charge in [-0.1, -0.05) is 18.7 Å². The summed E-state index contributed by atoms with van der Waals surface area (Å²) in [7, 11) is 4.39. The van der Waals surface area contributed by atoms with Crippen LogP contribution in [0.15, 0.2) is 5.16 Å². The Labute approximate surface area is 164 Å². The van der Waals surface area contributed by atoms with Gasteiger partial charge in [0.15, 0.2) is 5.16 Å². The highest BCUT2D eigenvalue weighted by molar-refractivity contribution is 7.99. The molecule has 3 rings (SSSR count). The summed E-state index contributed by atoms with van der Waals surface area (Å²) in [5.74, 6) is 2.06. The van der Waals surface area contributed by atoms with Crippen molar-refractivity contribution < 1.29 is 9.64 Å². The zero-order valence-corrected chi connectivity index (χ0v) is 18.2. The summed E-state index contributed by atoms with van der Waals surface area (Å²) < 4.78 is 6.02. The fourth-order valence-electron chi connectivity index (χ4n) is 3.16. The van der Waals surface area contributed by atoms with E-state index in [9.17, 15) is 0 Å². The van der Waals surface area contributed by atoms with E-state index < -0.39 is 0 Å². The van der Waals surface area contributed by atoms with Crippen LogP contribution in [0.4, 0.5) is 5.82 Å². The summed E-state index contributed by atoms with van der Waals surface area (Å²) in [5, 5.41) is 5.72. The molecular weight excluding hydrogens is 364 g/mol. The van der Waals surface area contributed by atoms with Crippen LogP contribution in [0.1, 0.15) is 44.1 Å². The first-order chi connectivity index (χ1) is 12.4. The van der Waals surface area contributed by atoms with E-state index in [1.807, 2.05) is 0 Å². The molecule has 7 heteroatoms. The van der Waals surface area contributed by atoms with Crippen LogP contribution in [0.5, 0.6) is 0 Å². The van der Waals surface area contributed by atoms with Crippen LogP contribution >= 0.6 is 23.1 Å². The Bertz CT molecular complexity index is 758. The average Bonchev–Trinajstić information content (AvgIpc) is 2.93. The molecule has 2 aromatic rings. The van der Waals surface area contributed by atoms with Crippen molar-refractivity contribution in [2.45, 2.75) is 57.4 Å². The molecule has 0 spiro atoms. The summed E-state index contributed by atoms with van der Waals surface area (Å²) in [5.41, 5.74) is 1.26. The third kappa shape index (κ3) is 4.68. The van der Waals surface area contributed by atoms with E-state index in [1.165, 1.54) is 20.7 Å². The fourth-order valence-corrected chi connectivity index (χ4v) is 5.02. The number of aromatic nitrogens is 2. The zero-order valence-electron chi connectivity index (χ0n) is 16.6. The number of quaternary nitrogens is 1. The third-order valence-electron chi connectivity index (χ3n) is 4.49. The van der Waals surface area contributed by atoms with Gasteiger partial charge in [0.25, 0.3) is 0 Å². The number of thioether (sulfide) groups is 1. The van der Waals surface area contributed by atoms with Crippen LogP contribution in [0.3, 0.4) is 0 Å². The lowest BCUT2D eigenvalue weighted by Crippen LogP contribution is -3.05. The monoisotopic (exact) mass is 395 g/mol. The maximum atomic E-state index is 6.02. The molecule has 0 aliphatic carbocycles. The normalized spacial score (nSPS) is 16.2. The molecule has 0 unspecified atom stereocenters. The summed E-state index contributed by atoms with van der Waals surface area (Å²) >= 11 is 3.52. The number of hydrogen-bond donors (Lipinski definition) is 2. The molecule has 0 aromatic carbocycles. The summed E-state index contributed by atoms with van der Waals surface area (Å²) in [4.78, 5) is 13.6. The van der Waals surface area contributed by atoms with Crippen molar-refractivity contribution in [2.24, 2.45) is 0 Å². The van der Waals surface area contributed by atoms with Crippen LogP contribution in [0.2, 0.25) is 0 Å². The molecule has 5 nitrogen and oxygen atoms in total. The number of anilines is 1. The van der Waals surface area contributed by atoms with Gasteiger partial charge in [0.05, 0.1) is 38.2 Å². The second kappa shape index (κ2) is 8.42. The maximum absolute atomic E-state index is 6.02. The summed E-state index contributed by atoms with van der Waals surface area (Å²) in [6, 6.07) is 0. The molecule has 1 aliphatic rings. The van der Waals surface area contributed by atoms with Gasteiger partial charge in [0.1, 0.15) is 10.6 Å². The number of hydrogen-bond acceptors (Lipinski definition) is 6. The first kappa shape index (κ1) is 19.9. The van der Waals surface area contributed by atoms with Crippen molar-refractivity contribution in [3.05, 3.63) is 10.4 Å². The van der Waals surface area contributed by atoms with Gasteiger partial charge in [-0.25, -0.2) is 9.97 Å². The quantitative estimate of drug-likeness (QED) is 0.409. The topological polar surface area (TPSA) is 51.5 Å². The smallest absolute Gasteiger partial charge is 0.190 e. The van der Waals surface area contributed by atoms with Crippen molar-refractivity contribution in [3.8, 4) is 0 Å². The molecule has 0 fully saturated rings. The van der Waals surface area contributed by atoms with Crippen LogP contribution in [-0.4, -0.2) is 48.5 Å². The Balaban J connectivity index is 1.93. The SMILES string of the molecule is CCCSc1nc(NCCC[NH+](C)C)c2c3c(sc2n1)COC(C)(C)C3. The molecule has 0 saturated carbocycles. The van der Waals surface area contributed by atoms with Crippen LogP contribution in [0.25, 0.3) is 10.2 Å². The number of ether oxygens (including phenoxy) is 1. The molecule has 0 amide bonds. The van der Waals surface area contributed by atoms with Crippen molar-refractivity contribution in [1.29, 1.82) is 0 Å². The van der Waals surface area contributed by atoms with Crippen molar-refractivity contribution in [3.63, 3.8) is 0 Å². The van der Waals surface area contributed by atoms with Crippen molar-refractivity contribution in [1.82, 2.24) is 9.97 Å². The lowest BCUT2D eigenvalue weighted by Gasteiger charge is -2.30. The second-order valence-electron chi connectivity index (χ2n) is 7.85. The Morgan fingerprint density at radius 3 is 2.85 bits per heavy atom. The number of nitrogens with zero attached hydrogens (tertiary/aromatic N) is 2. The first-order valence-electron chi connectivity index (χ1n) is 9.51. The minimum atomic E-state index is -0.123. The summed E-state index contributed by atoms with van der Waals surface area (Å²) in [6.07, 6.45) is 3.18. The third-order valence-corrected chi connectivity index (χ3v) is 6.64. The van der Waals surface area contributed by atoms with Crippen LogP contribution in [-0.2, 0) is 17.8 Å². The van der Waals surface area contributed by atoms with Gasteiger partial charge in [0, 0.05) is 30.0 Å². The lowest BCUT2D eigenvalue weighted by molar-refractivity contribution is -0.858. The Hall–Kier alpha value is -0.890. The standard InChI is InChI=1S/C19H30N4OS2/c1-6-10-25-18-21-16(20-8-7-9-23(4)5)15-13-11-19(2,3)24-12-14(13)26-17(15)22-18/h6-12H2,1-5H3,(H,20,21,22)/p+1. The highest BCUT2D eigenvalue weighted by Gasteiger charge is 2.31. The largest absolute Gasteiger partial charge is 0.370 e. The minimum absolute atomic E-state index is 0.123. The van der Waals surface area contributed by atoms with E-state index in [1.54, 1.807) is 23.1 Å². The van der Waals surface area contributed by atoms with E-state index in [-0.39, 0.29) is 5.60 Å². The van der Waals surface area contributed by atoms with Gasteiger partial charge in [0.2, 0.25) is 0 Å². The van der Waals surface area contributed by atoms with Crippen molar-refractivity contribution in [2.75, 3.05) is 38.3 Å². The predicted molar refractivity (Wildman–Crippen MR) is 112 cm³/mol. The van der Waals surface area contributed by atoms with Gasteiger partial charge in [-0.3, -0.25) is 0 Å². The first-order valence-corrected chi connectivity index (χ1v) is 11.3. The Morgan fingerprint density at radius 2 is 2.12 bits per heavy atom. The van der Waals surface area contributed by atoms with E-state index in [0.717, 1.165) is 53.9 Å². The maximum Gasteiger partial charge on any atom is 0.190 e. The lowest BCUT2D eigenvalue weighted by atomic mass is 9.94. The van der Waals surface area contributed by atoms with Gasteiger partial charge >= 0.3 is 0 Å². The molecule has 144 valence electrons. The predicted octanol–water partition coefficient (Wildman–Crippen LogP) is 2.99. The second-order valence-corrected chi connectivity index (χ2v) is 10.00. The van der Waals surface area contributed by atoms with Crippen LogP contribution in [0, 0.1) is 0 Å². The average molecular weight is 396 g/mol. The molecule has 0 radical (unpaired) electrons. The van der Waals surface area contributed by atoms with E-state index in [0.29, 0.717) is 6.61 Å². The molecule has 0 atom stereocenters. The number of nitrogens with one attached hydrogen (secondary N) is 2. The molecule has 26 heavy (non-hydrogen) atoms. The Kier molecular flexibility index (Phi) is 6.43. The van der Waals surface area contributed by atoms with E-state index in [2.05, 4.69) is 40.2 Å². The molecule has 2 aromatic heterocycles. The molecule has 0 bridgehead atoms. The highest BCUT2D eigenvalue weighted by atomic mass is 32.2. The number of thiophene rings is 1. The molecule has 3 heterocycles. The minimum Gasteiger partial charge on any atom is -0.370 e. The zero-order chi connectivity index (χ0) is 18.7. The highest BCUT2D eigenvalue weighted by Crippen LogP contribution is 2.41. The van der Waals surface area contributed by atoms with E-state index in [4.69, 9.17) is 14.7 Å². The van der Waals surface area contributed by atoms with Gasteiger partial charge in [-0.2, -0.15) is 0 Å². The van der Waals surface area contributed by atoms with Gasteiger partial charge < -0.3 is 15.0 Å². The fraction of sp³-hybridized carbons (Fsp3) is 0.684. The van der Waals surface area contributed by atoms with Crippen LogP contribution < -0.4 is 10.2 Å². The summed E-state index contributed by atoms with van der Waals surface area (Å²) in [6.45, 7) is 9.31. The number of fused-ring (bicyclic) bond motifs is 3. The van der Waals surface area contributed by atoms with E-state index >= 15 is 0 Å². The van der Waals surface area contributed by atoms with Gasteiger partial charge in [-0.15, -0.1) is 11.3 Å². The molecule has 0 saturated heterocycles. The molecule has 2 N–H and O–H groups in total. The molecule has 1 aliphatic heterocycles. The molecular formula is C19H31N4OS2+. The van der Waals surface area contributed by atoms with Crippen molar-refractivity contribution >= 4 is 39.1 Å². The van der Waals surface area contributed by atoms with Gasteiger partial charge in [-0.05, 0) is 25.8 Å².